The van der Waals surface area contributed by atoms with E-state index in [1.807, 2.05) is 36.7 Å². The molecular weight excluding hydrogens is 300 g/mol. The van der Waals surface area contributed by atoms with Gasteiger partial charge < -0.3 is 9.30 Å². The lowest BCUT2D eigenvalue weighted by molar-refractivity contribution is -0.124. The molecule has 0 bridgehead atoms. The lowest BCUT2D eigenvalue weighted by atomic mass is 10.2. The number of carbonyl (C=O) groups is 2. The van der Waals surface area contributed by atoms with Gasteiger partial charge in [-0.05, 0) is 30.2 Å². The first-order valence-electron chi connectivity index (χ1n) is 5.88. The van der Waals surface area contributed by atoms with E-state index in [2.05, 4.69) is 4.99 Å². The average molecular weight is 313 g/mol. The molecule has 1 aromatic carbocycles. The highest BCUT2D eigenvalue weighted by Crippen LogP contribution is 2.19. The largest absolute Gasteiger partial charge is 0.362 e. The molecule has 0 aliphatic heterocycles. The summed E-state index contributed by atoms with van der Waals surface area (Å²) >= 11 is 6.54. The standard InChI is InChI=1S/C13H13ClN2O3S/c1-8-4-3-5-9-12(8)16(2)13(20-9)15-11(18)7-19-6-10(14)17/h3-5H,6-7H2,1-2H3. The Labute approximate surface area is 124 Å². The summed E-state index contributed by atoms with van der Waals surface area (Å²) in [6.07, 6.45) is 0. The van der Waals surface area contributed by atoms with Crippen LogP contribution in [-0.4, -0.2) is 28.9 Å². The number of amides is 1. The molecule has 2 aromatic rings. The quantitative estimate of drug-likeness (QED) is 0.808. The van der Waals surface area contributed by atoms with E-state index in [0.717, 1.165) is 15.8 Å². The minimum absolute atomic E-state index is 0.258. The van der Waals surface area contributed by atoms with Gasteiger partial charge in [0.1, 0.15) is 13.2 Å². The van der Waals surface area contributed by atoms with Gasteiger partial charge in [0, 0.05) is 7.05 Å². The van der Waals surface area contributed by atoms with Crippen LogP contribution in [-0.2, 0) is 21.4 Å². The predicted octanol–water partition coefficient (Wildman–Crippen LogP) is 1.76. The lowest BCUT2D eigenvalue weighted by Gasteiger charge is -1.99. The Morgan fingerprint density at radius 3 is 2.80 bits per heavy atom. The summed E-state index contributed by atoms with van der Waals surface area (Å²) in [6, 6.07) is 5.96. The van der Waals surface area contributed by atoms with Crippen molar-refractivity contribution in [3.8, 4) is 0 Å². The molecule has 0 N–H and O–H groups in total. The molecule has 0 atom stereocenters. The number of aryl methyl sites for hydroxylation is 2. The van der Waals surface area contributed by atoms with E-state index in [0.29, 0.717) is 4.80 Å². The Bertz CT molecular complexity index is 733. The van der Waals surface area contributed by atoms with Crippen molar-refractivity contribution in [2.24, 2.45) is 12.0 Å². The molecule has 20 heavy (non-hydrogen) atoms. The SMILES string of the molecule is Cc1cccc2sc(=NC(=O)COCC(=O)Cl)n(C)c12. The number of thiazole rings is 1. The third-order valence-electron chi connectivity index (χ3n) is 2.69. The first kappa shape index (κ1) is 14.9. The molecule has 0 fully saturated rings. The summed E-state index contributed by atoms with van der Waals surface area (Å²) in [5.41, 5.74) is 2.18. The van der Waals surface area contributed by atoms with Gasteiger partial charge in [-0.15, -0.1) is 0 Å². The second-order valence-corrected chi connectivity index (χ2v) is 5.65. The Morgan fingerprint density at radius 2 is 2.15 bits per heavy atom. The second kappa shape index (κ2) is 6.30. The average Bonchev–Trinajstić information content (AvgIpc) is 2.67. The Balaban J connectivity index is 2.26. The smallest absolute Gasteiger partial charge is 0.274 e. The van der Waals surface area contributed by atoms with E-state index >= 15 is 0 Å². The summed E-state index contributed by atoms with van der Waals surface area (Å²) in [5.74, 6) is -0.442. The molecule has 0 saturated heterocycles. The van der Waals surface area contributed by atoms with Crippen LogP contribution in [0.4, 0.5) is 0 Å². The van der Waals surface area contributed by atoms with Crippen LogP contribution in [0.1, 0.15) is 5.56 Å². The third-order valence-corrected chi connectivity index (χ3v) is 3.89. The number of aromatic nitrogens is 1. The molecule has 0 spiro atoms. The Hall–Kier alpha value is -1.50. The van der Waals surface area contributed by atoms with Crippen molar-refractivity contribution in [3.05, 3.63) is 28.6 Å². The normalized spacial score (nSPS) is 12.1. The summed E-state index contributed by atoms with van der Waals surface area (Å²) in [5, 5.41) is -0.638. The molecule has 5 nitrogen and oxygen atoms in total. The molecule has 0 aliphatic rings. The highest BCUT2D eigenvalue weighted by molar-refractivity contribution is 7.16. The maximum atomic E-state index is 11.7. The maximum Gasteiger partial charge on any atom is 0.274 e. The number of halogens is 1. The van der Waals surface area contributed by atoms with Crippen molar-refractivity contribution >= 4 is 44.3 Å². The van der Waals surface area contributed by atoms with Crippen LogP contribution < -0.4 is 4.80 Å². The van der Waals surface area contributed by atoms with Crippen molar-refractivity contribution in [2.75, 3.05) is 13.2 Å². The highest BCUT2D eigenvalue weighted by Gasteiger charge is 2.07. The summed E-state index contributed by atoms with van der Waals surface area (Å²) in [7, 11) is 1.86. The number of hydrogen-bond acceptors (Lipinski definition) is 4. The highest BCUT2D eigenvalue weighted by atomic mass is 35.5. The fourth-order valence-corrected chi connectivity index (χ4v) is 3.05. The molecule has 0 unspecified atom stereocenters. The van der Waals surface area contributed by atoms with Gasteiger partial charge >= 0.3 is 0 Å². The molecule has 0 aliphatic carbocycles. The maximum absolute atomic E-state index is 11.7. The number of fused-ring (bicyclic) bond motifs is 1. The zero-order valence-corrected chi connectivity index (χ0v) is 12.6. The van der Waals surface area contributed by atoms with Gasteiger partial charge in [0.25, 0.3) is 5.91 Å². The number of rotatable bonds is 4. The van der Waals surface area contributed by atoms with Crippen molar-refractivity contribution in [3.63, 3.8) is 0 Å². The fourth-order valence-electron chi connectivity index (χ4n) is 1.86. The van der Waals surface area contributed by atoms with E-state index in [1.54, 1.807) is 0 Å². The van der Waals surface area contributed by atoms with Crippen LogP contribution in [0.2, 0.25) is 0 Å². The van der Waals surface area contributed by atoms with E-state index in [9.17, 15) is 9.59 Å². The van der Waals surface area contributed by atoms with Gasteiger partial charge in [-0.2, -0.15) is 4.99 Å². The zero-order valence-electron chi connectivity index (χ0n) is 11.1. The summed E-state index contributed by atoms with van der Waals surface area (Å²) in [4.78, 5) is 26.7. The molecular formula is C13H13ClN2O3S. The predicted molar refractivity (Wildman–Crippen MR) is 77.8 cm³/mol. The second-order valence-electron chi connectivity index (χ2n) is 4.22. The van der Waals surface area contributed by atoms with Gasteiger partial charge in [-0.25, -0.2) is 0 Å². The Kier molecular flexibility index (Phi) is 4.69. The monoisotopic (exact) mass is 312 g/mol. The van der Waals surface area contributed by atoms with Crippen LogP contribution in [0.3, 0.4) is 0 Å². The van der Waals surface area contributed by atoms with Gasteiger partial charge in [0.2, 0.25) is 5.24 Å². The van der Waals surface area contributed by atoms with E-state index < -0.39 is 11.1 Å². The van der Waals surface area contributed by atoms with Crippen molar-refractivity contribution in [1.82, 2.24) is 4.57 Å². The van der Waals surface area contributed by atoms with Crippen LogP contribution in [0.25, 0.3) is 10.2 Å². The minimum Gasteiger partial charge on any atom is -0.362 e. The summed E-state index contributed by atoms with van der Waals surface area (Å²) < 4.78 is 7.78. The zero-order chi connectivity index (χ0) is 14.7. The number of carbonyl (C=O) groups excluding carboxylic acids is 2. The van der Waals surface area contributed by atoms with Crippen molar-refractivity contribution in [2.45, 2.75) is 6.92 Å². The minimum atomic E-state index is -0.638. The van der Waals surface area contributed by atoms with Gasteiger partial charge in [0.15, 0.2) is 4.80 Å². The molecule has 1 heterocycles. The topological polar surface area (TPSA) is 60.7 Å². The number of benzene rings is 1. The van der Waals surface area contributed by atoms with Crippen LogP contribution in [0.5, 0.6) is 0 Å². The summed E-state index contributed by atoms with van der Waals surface area (Å²) in [6.45, 7) is 1.46. The molecule has 0 radical (unpaired) electrons. The third kappa shape index (κ3) is 3.33. The number of nitrogens with zero attached hydrogens (tertiary/aromatic N) is 2. The van der Waals surface area contributed by atoms with Crippen LogP contribution in [0.15, 0.2) is 23.2 Å². The van der Waals surface area contributed by atoms with E-state index in [1.165, 1.54) is 11.3 Å². The Morgan fingerprint density at radius 1 is 1.40 bits per heavy atom. The molecule has 7 heteroatoms. The number of ether oxygens (including phenoxy) is 1. The van der Waals surface area contributed by atoms with E-state index in [-0.39, 0.29) is 13.2 Å². The van der Waals surface area contributed by atoms with Crippen molar-refractivity contribution in [1.29, 1.82) is 0 Å². The van der Waals surface area contributed by atoms with Crippen LogP contribution >= 0.6 is 22.9 Å². The number of para-hydroxylation sites is 1. The van der Waals surface area contributed by atoms with E-state index in [4.69, 9.17) is 16.3 Å². The first-order chi connectivity index (χ1) is 9.49. The van der Waals surface area contributed by atoms with Gasteiger partial charge in [0.05, 0.1) is 10.2 Å². The fraction of sp³-hybridized carbons (Fsp3) is 0.308. The first-order valence-corrected chi connectivity index (χ1v) is 7.07. The molecule has 1 aromatic heterocycles. The lowest BCUT2D eigenvalue weighted by Crippen LogP contribution is -2.17. The molecule has 106 valence electrons. The van der Waals surface area contributed by atoms with Gasteiger partial charge in [-0.3, -0.25) is 9.59 Å². The van der Waals surface area contributed by atoms with Crippen molar-refractivity contribution < 1.29 is 14.3 Å². The molecule has 2 rings (SSSR count). The molecule has 1 amide bonds. The molecule has 0 saturated carbocycles. The van der Waals surface area contributed by atoms with Crippen LogP contribution in [0, 0.1) is 6.92 Å². The van der Waals surface area contributed by atoms with Gasteiger partial charge in [-0.1, -0.05) is 23.5 Å². The number of hydrogen-bond donors (Lipinski definition) is 0.